The molecule has 0 radical (unpaired) electrons. The van der Waals surface area contributed by atoms with E-state index in [1.54, 1.807) is 7.11 Å². The second-order valence-electron chi connectivity index (χ2n) is 4.07. The average Bonchev–Trinajstić information content (AvgIpc) is 2.72. The number of benzene rings is 1. The van der Waals surface area contributed by atoms with Gasteiger partial charge in [-0.15, -0.1) is 0 Å². The smallest absolute Gasteiger partial charge is 0.118 e. The lowest BCUT2D eigenvalue weighted by Gasteiger charge is -2.26. The Balaban J connectivity index is 2.30. The van der Waals surface area contributed by atoms with Crippen LogP contribution in [-0.2, 0) is 10.3 Å². The highest BCUT2D eigenvalue weighted by atomic mass is 79.9. The Morgan fingerprint density at radius 3 is 2.56 bits per heavy atom. The molecule has 1 heterocycles. The van der Waals surface area contributed by atoms with Gasteiger partial charge in [-0.3, -0.25) is 0 Å². The fourth-order valence-electron chi connectivity index (χ4n) is 1.99. The molecule has 0 saturated carbocycles. The summed E-state index contributed by atoms with van der Waals surface area (Å²) in [5.74, 6) is 0.866. The molecule has 86 valence electrons. The predicted molar refractivity (Wildman–Crippen MR) is 68.2 cm³/mol. The summed E-state index contributed by atoms with van der Waals surface area (Å²) in [7, 11) is 1.67. The highest BCUT2D eigenvalue weighted by Crippen LogP contribution is 2.40. The molecule has 2 rings (SSSR count). The third kappa shape index (κ3) is 2.02. The zero-order valence-corrected chi connectivity index (χ0v) is 10.9. The van der Waals surface area contributed by atoms with Gasteiger partial charge in [-0.05, 0) is 23.3 Å². The third-order valence-electron chi connectivity index (χ3n) is 2.92. The van der Waals surface area contributed by atoms with Crippen molar-refractivity contribution in [2.75, 3.05) is 19.0 Å². The Kier molecular flexibility index (Phi) is 3.36. The van der Waals surface area contributed by atoms with Crippen molar-refractivity contribution in [1.82, 2.24) is 0 Å². The van der Waals surface area contributed by atoms with Gasteiger partial charge in [-0.2, -0.15) is 0 Å². The molecule has 1 fully saturated rings. The lowest BCUT2D eigenvalue weighted by Crippen LogP contribution is -2.26. The lowest BCUT2D eigenvalue weighted by molar-refractivity contribution is 0.0231. The summed E-state index contributed by atoms with van der Waals surface area (Å²) in [5.41, 5.74) is 2.07. The van der Waals surface area contributed by atoms with Crippen LogP contribution in [0.15, 0.2) is 36.4 Å². The molecule has 0 spiro atoms. The highest BCUT2D eigenvalue weighted by molar-refractivity contribution is 9.09. The molecule has 1 unspecified atom stereocenters. The SMILES string of the molecule is C=C1COC(CBr)(c2ccc(OC)cc2)C1. The van der Waals surface area contributed by atoms with Gasteiger partial charge in [-0.1, -0.05) is 34.6 Å². The van der Waals surface area contributed by atoms with E-state index in [1.165, 1.54) is 5.56 Å². The standard InChI is InChI=1S/C13H15BrO2/c1-10-7-13(9-14,16-8-10)11-3-5-12(15-2)6-4-11/h3-6H,1,7-9H2,2H3. The van der Waals surface area contributed by atoms with Gasteiger partial charge in [0.1, 0.15) is 11.4 Å². The molecule has 1 aromatic rings. The van der Waals surface area contributed by atoms with Crippen LogP contribution >= 0.6 is 15.9 Å². The molecule has 1 aliphatic heterocycles. The molecule has 0 amide bonds. The summed E-state index contributed by atoms with van der Waals surface area (Å²) in [6, 6.07) is 8.03. The number of halogens is 1. The zero-order chi connectivity index (χ0) is 11.6. The quantitative estimate of drug-likeness (QED) is 0.626. The number of hydrogen-bond donors (Lipinski definition) is 0. The van der Waals surface area contributed by atoms with Gasteiger partial charge in [0, 0.05) is 11.8 Å². The molecule has 0 N–H and O–H groups in total. The van der Waals surface area contributed by atoms with Crippen LogP contribution in [-0.4, -0.2) is 19.0 Å². The van der Waals surface area contributed by atoms with E-state index in [9.17, 15) is 0 Å². The topological polar surface area (TPSA) is 18.5 Å². The van der Waals surface area contributed by atoms with Crippen LogP contribution in [0.2, 0.25) is 0 Å². The van der Waals surface area contributed by atoms with Crippen molar-refractivity contribution in [1.29, 1.82) is 0 Å². The second-order valence-corrected chi connectivity index (χ2v) is 4.63. The minimum Gasteiger partial charge on any atom is -0.497 e. The number of alkyl halides is 1. The minimum atomic E-state index is -0.247. The Bertz CT molecular complexity index is 385. The van der Waals surface area contributed by atoms with Gasteiger partial charge in [0.15, 0.2) is 0 Å². The summed E-state index contributed by atoms with van der Waals surface area (Å²) in [5, 5.41) is 0.783. The number of rotatable bonds is 3. The zero-order valence-electron chi connectivity index (χ0n) is 9.33. The minimum absolute atomic E-state index is 0.247. The van der Waals surface area contributed by atoms with E-state index in [4.69, 9.17) is 9.47 Å². The van der Waals surface area contributed by atoms with Gasteiger partial charge in [0.2, 0.25) is 0 Å². The molecule has 0 aliphatic carbocycles. The van der Waals surface area contributed by atoms with Gasteiger partial charge in [-0.25, -0.2) is 0 Å². The van der Waals surface area contributed by atoms with Gasteiger partial charge in [0.25, 0.3) is 0 Å². The monoisotopic (exact) mass is 282 g/mol. The summed E-state index contributed by atoms with van der Waals surface area (Å²) < 4.78 is 11.0. The van der Waals surface area contributed by atoms with Crippen molar-refractivity contribution in [3.63, 3.8) is 0 Å². The molecule has 1 saturated heterocycles. The molecule has 1 aliphatic rings. The van der Waals surface area contributed by atoms with E-state index >= 15 is 0 Å². The van der Waals surface area contributed by atoms with Crippen LogP contribution in [0.3, 0.4) is 0 Å². The van der Waals surface area contributed by atoms with E-state index < -0.39 is 0 Å². The van der Waals surface area contributed by atoms with Crippen molar-refractivity contribution in [3.05, 3.63) is 42.0 Å². The molecule has 0 aromatic heterocycles. The van der Waals surface area contributed by atoms with Crippen molar-refractivity contribution in [2.24, 2.45) is 0 Å². The molecule has 1 atom stereocenters. The molecular weight excluding hydrogens is 268 g/mol. The predicted octanol–water partition coefficient (Wildman–Crippen LogP) is 3.26. The normalized spacial score (nSPS) is 24.8. The van der Waals surface area contributed by atoms with E-state index in [1.807, 2.05) is 12.1 Å². The lowest BCUT2D eigenvalue weighted by atomic mass is 9.92. The summed E-state index contributed by atoms with van der Waals surface area (Å²) in [4.78, 5) is 0. The second kappa shape index (κ2) is 4.60. The van der Waals surface area contributed by atoms with Crippen LogP contribution in [0.25, 0.3) is 0 Å². The number of ether oxygens (including phenoxy) is 2. The van der Waals surface area contributed by atoms with Crippen LogP contribution in [0.4, 0.5) is 0 Å². The fourth-order valence-corrected chi connectivity index (χ4v) is 2.67. The Morgan fingerprint density at radius 2 is 2.12 bits per heavy atom. The van der Waals surface area contributed by atoms with E-state index in [0.29, 0.717) is 6.61 Å². The molecular formula is C13H15BrO2. The van der Waals surface area contributed by atoms with Crippen molar-refractivity contribution in [3.8, 4) is 5.75 Å². The first-order chi connectivity index (χ1) is 7.70. The van der Waals surface area contributed by atoms with Crippen molar-refractivity contribution in [2.45, 2.75) is 12.0 Å². The molecule has 3 heteroatoms. The number of methoxy groups -OCH3 is 1. The number of hydrogen-bond acceptors (Lipinski definition) is 2. The maximum Gasteiger partial charge on any atom is 0.118 e. The van der Waals surface area contributed by atoms with Crippen molar-refractivity contribution >= 4 is 15.9 Å². The van der Waals surface area contributed by atoms with Crippen LogP contribution in [0.1, 0.15) is 12.0 Å². The van der Waals surface area contributed by atoms with Crippen LogP contribution in [0.5, 0.6) is 5.75 Å². The first-order valence-electron chi connectivity index (χ1n) is 5.21. The van der Waals surface area contributed by atoms with Crippen molar-refractivity contribution < 1.29 is 9.47 Å². The van der Waals surface area contributed by atoms with E-state index in [0.717, 1.165) is 23.1 Å². The molecule has 1 aromatic carbocycles. The van der Waals surface area contributed by atoms with E-state index in [-0.39, 0.29) is 5.60 Å². The van der Waals surface area contributed by atoms with Crippen LogP contribution in [0, 0.1) is 0 Å². The Hall–Kier alpha value is -0.800. The highest BCUT2D eigenvalue weighted by Gasteiger charge is 2.37. The maximum atomic E-state index is 5.87. The van der Waals surface area contributed by atoms with Gasteiger partial charge in [0.05, 0.1) is 13.7 Å². The Labute approximate surface area is 104 Å². The summed E-state index contributed by atoms with van der Waals surface area (Å²) >= 11 is 3.54. The summed E-state index contributed by atoms with van der Waals surface area (Å²) in [6.07, 6.45) is 0.880. The average molecular weight is 283 g/mol. The van der Waals surface area contributed by atoms with E-state index in [2.05, 4.69) is 34.6 Å². The Morgan fingerprint density at radius 1 is 1.44 bits per heavy atom. The molecule has 0 bridgehead atoms. The van der Waals surface area contributed by atoms with Gasteiger partial charge >= 0.3 is 0 Å². The maximum absolute atomic E-state index is 5.87. The largest absolute Gasteiger partial charge is 0.497 e. The first-order valence-corrected chi connectivity index (χ1v) is 6.33. The fraction of sp³-hybridized carbons (Fsp3) is 0.385. The van der Waals surface area contributed by atoms with Gasteiger partial charge < -0.3 is 9.47 Å². The first kappa shape index (κ1) is 11.7. The van der Waals surface area contributed by atoms with Crippen LogP contribution < -0.4 is 4.74 Å². The summed E-state index contributed by atoms with van der Waals surface area (Å²) in [6.45, 7) is 4.64. The molecule has 16 heavy (non-hydrogen) atoms. The third-order valence-corrected chi connectivity index (χ3v) is 3.83. The molecule has 2 nitrogen and oxygen atoms in total.